The zero-order chi connectivity index (χ0) is 13.9. The third kappa shape index (κ3) is 2.51. The van der Waals surface area contributed by atoms with Crippen molar-refractivity contribution in [3.63, 3.8) is 0 Å². The van der Waals surface area contributed by atoms with E-state index in [0.717, 1.165) is 43.5 Å². The van der Waals surface area contributed by atoms with Crippen LogP contribution < -0.4 is 4.74 Å². The highest BCUT2D eigenvalue weighted by Crippen LogP contribution is 2.36. The number of carbonyl (C=O) groups is 1. The number of ether oxygens (including phenoxy) is 1. The highest BCUT2D eigenvalue weighted by atomic mass is 35.5. The normalized spacial score (nSPS) is 24.6. The molecule has 3 nitrogen and oxygen atoms in total. The van der Waals surface area contributed by atoms with E-state index in [-0.39, 0.29) is 11.8 Å². The molecule has 1 amide bonds. The molecule has 4 heteroatoms. The fourth-order valence-electron chi connectivity index (χ4n) is 3.31. The fraction of sp³-hybridized carbons (Fsp3) is 0.562. The maximum atomic E-state index is 12.8. The minimum absolute atomic E-state index is 0.122. The number of nitrogens with zero attached hydrogens (tertiary/aromatic N) is 1. The van der Waals surface area contributed by atoms with Crippen LogP contribution in [0.1, 0.15) is 37.2 Å². The Kier molecular flexibility index (Phi) is 4.16. The minimum Gasteiger partial charge on any atom is -0.492 e. The van der Waals surface area contributed by atoms with Gasteiger partial charge in [0.1, 0.15) is 18.3 Å². The number of alkyl halides is 1. The van der Waals surface area contributed by atoms with Crippen molar-refractivity contribution in [3.05, 3.63) is 29.8 Å². The van der Waals surface area contributed by atoms with Gasteiger partial charge in [0.2, 0.25) is 5.91 Å². The summed E-state index contributed by atoms with van der Waals surface area (Å²) in [6.45, 7) is 1.36. The van der Waals surface area contributed by atoms with Crippen LogP contribution >= 0.6 is 11.6 Å². The largest absolute Gasteiger partial charge is 0.492 e. The highest BCUT2D eigenvalue weighted by molar-refractivity contribution is 6.17. The third-order valence-electron chi connectivity index (χ3n) is 4.33. The molecular formula is C16H20ClNO2. The van der Waals surface area contributed by atoms with Crippen LogP contribution in [0.15, 0.2) is 24.3 Å². The van der Waals surface area contributed by atoms with Crippen LogP contribution in [0, 0.1) is 0 Å². The van der Waals surface area contributed by atoms with Gasteiger partial charge in [0.25, 0.3) is 0 Å². The highest BCUT2D eigenvalue weighted by Gasteiger charge is 2.37. The van der Waals surface area contributed by atoms with Gasteiger partial charge < -0.3 is 9.64 Å². The van der Waals surface area contributed by atoms with Crippen LogP contribution in [0.25, 0.3) is 0 Å². The summed E-state index contributed by atoms with van der Waals surface area (Å²) >= 11 is 5.78. The summed E-state index contributed by atoms with van der Waals surface area (Å²) in [7, 11) is 0. The van der Waals surface area contributed by atoms with Gasteiger partial charge in [-0.3, -0.25) is 4.79 Å². The van der Waals surface area contributed by atoms with E-state index >= 15 is 0 Å². The summed E-state index contributed by atoms with van der Waals surface area (Å²) in [4.78, 5) is 14.9. The molecule has 0 bridgehead atoms. The standard InChI is InChI=1S/C16H20ClNO2/c17-9-3-5-12-6-4-10-18(12)16(19)14-11-20-15-8-2-1-7-13(14)15/h1-2,7-8,12,14H,3-6,9-11H2. The Bertz CT molecular complexity index is 491. The van der Waals surface area contributed by atoms with Crippen molar-refractivity contribution >= 4 is 17.5 Å². The first-order chi connectivity index (χ1) is 9.81. The second-order valence-corrected chi connectivity index (χ2v) is 5.94. The molecule has 20 heavy (non-hydrogen) atoms. The fourth-order valence-corrected chi connectivity index (χ4v) is 3.46. The molecule has 0 saturated carbocycles. The quantitative estimate of drug-likeness (QED) is 0.798. The predicted octanol–water partition coefficient (Wildman–Crippen LogP) is 3.17. The van der Waals surface area contributed by atoms with Crippen molar-refractivity contribution in [1.29, 1.82) is 0 Å². The molecule has 0 spiro atoms. The minimum atomic E-state index is -0.122. The number of hydrogen-bond donors (Lipinski definition) is 0. The summed E-state index contributed by atoms with van der Waals surface area (Å²) in [6, 6.07) is 8.24. The first-order valence-electron chi connectivity index (χ1n) is 7.39. The van der Waals surface area contributed by atoms with Crippen molar-refractivity contribution in [3.8, 4) is 5.75 Å². The molecule has 108 valence electrons. The number of halogens is 1. The van der Waals surface area contributed by atoms with Crippen molar-refractivity contribution in [1.82, 2.24) is 4.90 Å². The van der Waals surface area contributed by atoms with Gasteiger partial charge in [-0.25, -0.2) is 0 Å². The number of fused-ring (bicyclic) bond motifs is 1. The molecule has 1 aromatic rings. The average Bonchev–Trinajstić information content (AvgIpc) is 3.11. The molecule has 2 atom stereocenters. The summed E-state index contributed by atoms with van der Waals surface area (Å²) in [5.41, 5.74) is 1.04. The molecule has 3 rings (SSSR count). The van der Waals surface area contributed by atoms with E-state index in [4.69, 9.17) is 16.3 Å². The van der Waals surface area contributed by atoms with Crippen molar-refractivity contribution < 1.29 is 9.53 Å². The van der Waals surface area contributed by atoms with E-state index in [9.17, 15) is 4.79 Å². The van der Waals surface area contributed by atoms with E-state index in [1.807, 2.05) is 24.3 Å². The number of rotatable bonds is 4. The number of hydrogen-bond acceptors (Lipinski definition) is 2. The van der Waals surface area contributed by atoms with Crippen LogP contribution in [0.4, 0.5) is 0 Å². The van der Waals surface area contributed by atoms with E-state index in [0.29, 0.717) is 18.5 Å². The Morgan fingerprint density at radius 3 is 3.10 bits per heavy atom. The Morgan fingerprint density at radius 1 is 1.40 bits per heavy atom. The maximum absolute atomic E-state index is 12.8. The molecule has 0 aliphatic carbocycles. The Morgan fingerprint density at radius 2 is 2.25 bits per heavy atom. The lowest BCUT2D eigenvalue weighted by atomic mass is 9.99. The maximum Gasteiger partial charge on any atom is 0.233 e. The molecule has 2 aliphatic rings. The van der Waals surface area contributed by atoms with Gasteiger partial charge in [-0.05, 0) is 31.7 Å². The van der Waals surface area contributed by atoms with Gasteiger partial charge in [-0.2, -0.15) is 0 Å². The van der Waals surface area contributed by atoms with Gasteiger partial charge in [-0.15, -0.1) is 11.6 Å². The van der Waals surface area contributed by atoms with E-state index in [1.54, 1.807) is 0 Å². The number of likely N-dealkylation sites (tertiary alicyclic amines) is 1. The Labute approximate surface area is 124 Å². The van der Waals surface area contributed by atoms with Crippen LogP contribution in [0.2, 0.25) is 0 Å². The predicted molar refractivity (Wildman–Crippen MR) is 79.4 cm³/mol. The molecule has 1 fully saturated rings. The molecule has 0 radical (unpaired) electrons. The van der Waals surface area contributed by atoms with Gasteiger partial charge >= 0.3 is 0 Å². The van der Waals surface area contributed by atoms with Crippen molar-refractivity contribution in [2.24, 2.45) is 0 Å². The molecular weight excluding hydrogens is 274 g/mol. The monoisotopic (exact) mass is 293 g/mol. The lowest BCUT2D eigenvalue weighted by Crippen LogP contribution is -2.39. The second kappa shape index (κ2) is 6.04. The van der Waals surface area contributed by atoms with E-state index in [1.165, 1.54) is 0 Å². The zero-order valence-corrected chi connectivity index (χ0v) is 12.3. The van der Waals surface area contributed by atoms with E-state index < -0.39 is 0 Å². The van der Waals surface area contributed by atoms with Crippen molar-refractivity contribution in [2.45, 2.75) is 37.6 Å². The number of benzene rings is 1. The number of amides is 1. The SMILES string of the molecule is O=C(C1COc2ccccc21)N1CCCC1CCCCl. The Balaban J connectivity index is 1.73. The lowest BCUT2D eigenvalue weighted by molar-refractivity contribution is -0.134. The van der Waals surface area contributed by atoms with Gasteiger partial charge in [0.05, 0.1) is 0 Å². The molecule has 0 aromatic heterocycles. The summed E-state index contributed by atoms with van der Waals surface area (Å²) in [6.07, 6.45) is 4.21. The molecule has 2 heterocycles. The summed E-state index contributed by atoms with van der Waals surface area (Å²) in [5.74, 6) is 1.64. The van der Waals surface area contributed by atoms with Crippen LogP contribution in [0.5, 0.6) is 5.75 Å². The van der Waals surface area contributed by atoms with Crippen LogP contribution in [0.3, 0.4) is 0 Å². The third-order valence-corrected chi connectivity index (χ3v) is 4.60. The first-order valence-corrected chi connectivity index (χ1v) is 7.93. The molecule has 1 aromatic carbocycles. The second-order valence-electron chi connectivity index (χ2n) is 5.56. The first kappa shape index (κ1) is 13.7. The van der Waals surface area contributed by atoms with Gasteiger partial charge in [0.15, 0.2) is 0 Å². The molecule has 2 aliphatic heterocycles. The molecule has 2 unspecified atom stereocenters. The van der Waals surface area contributed by atoms with E-state index in [2.05, 4.69) is 4.90 Å². The van der Waals surface area contributed by atoms with Gasteiger partial charge in [-0.1, -0.05) is 18.2 Å². The van der Waals surface area contributed by atoms with Gasteiger partial charge in [0, 0.05) is 24.0 Å². The van der Waals surface area contributed by atoms with Crippen molar-refractivity contribution in [2.75, 3.05) is 19.0 Å². The number of para-hydroxylation sites is 1. The smallest absolute Gasteiger partial charge is 0.233 e. The van der Waals surface area contributed by atoms with Crippen LogP contribution in [-0.2, 0) is 4.79 Å². The topological polar surface area (TPSA) is 29.5 Å². The van der Waals surface area contributed by atoms with Crippen LogP contribution in [-0.4, -0.2) is 35.9 Å². The lowest BCUT2D eigenvalue weighted by Gasteiger charge is -2.27. The summed E-state index contributed by atoms with van der Waals surface area (Å²) in [5, 5.41) is 0. The number of carbonyl (C=O) groups excluding carboxylic acids is 1. The summed E-state index contributed by atoms with van der Waals surface area (Å²) < 4.78 is 5.64. The molecule has 1 saturated heterocycles. The molecule has 0 N–H and O–H groups in total. The Hall–Kier alpha value is -1.22. The zero-order valence-electron chi connectivity index (χ0n) is 11.6. The average molecular weight is 294 g/mol.